The van der Waals surface area contributed by atoms with E-state index in [1.165, 1.54) is 0 Å². The van der Waals surface area contributed by atoms with Crippen LogP contribution in [0.25, 0.3) is 0 Å². The van der Waals surface area contributed by atoms with E-state index >= 15 is 0 Å². The summed E-state index contributed by atoms with van der Waals surface area (Å²) in [6.45, 7) is 5.53. The Morgan fingerprint density at radius 3 is 2.84 bits per heavy atom. The van der Waals surface area contributed by atoms with Crippen molar-refractivity contribution in [3.63, 3.8) is 0 Å². The SMILES string of the molecule is CN(C)C[C@H]1COCCN(Cc2cnc(N)nc2)C1. The zero-order chi connectivity index (χ0) is 13.7. The van der Waals surface area contributed by atoms with Crippen molar-refractivity contribution in [3.8, 4) is 0 Å². The lowest BCUT2D eigenvalue weighted by Crippen LogP contribution is -2.34. The number of nitrogens with two attached hydrogens (primary N) is 1. The third kappa shape index (κ3) is 4.74. The Bertz CT molecular complexity index is 381. The van der Waals surface area contributed by atoms with Gasteiger partial charge in [-0.3, -0.25) is 4.90 Å². The predicted molar refractivity (Wildman–Crippen MR) is 74.6 cm³/mol. The highest BCUT2D eigenvalue weighted by molar-refractivity contribution is 5.17. The van der Waals surface area contributed by atoms with E-state index in [-0.39, 0.29) is 0 Å². The fraction of sp³-hybridized carbons (Fsp3) is 0.692. The number of nitrogens with zero attached hydrogens (tertiary/aromatic N) is 4. The van der Waals surface area contributed by atoms with E-state index in [1.807, 2.05) is 0 Å². The van der Waals surface area contributed by atoms with Crippen molar-refractivity contribution in [1.29, 1.82) is 0 Å². The van der Waals surface area contributed by atoms with Crippen molar-refractivity contribution >= 4 is 5.95 Å². The average molecular weight is 265 g/mol. The Hall–Kier alpha value is -1.24. The average Bonchev–Trinajstić information content (AvgIpc) is 2.57. The molecule has 1 saturated heterocycles. The molecule has 0 unspecified atom stereocenters. The summed E-state index contributed by atoms with van der Waals surface area (Å²) in [7, 11) is 4.20. The fourth-order valence-electron chi connectivity index (χ4n) is 2.43. The van der Waals surface area contributed by atoms with Crippen LogP contribution < -0.4 is 5.73 Å². The number of hydrogen-bond acceptors (Lipinski definition) is 6. The summed E-state index contributed by atoms with van der Waals surface area (Å²) in [5, 5.41) is 0. The molecule has 1 aliphatic heterocycles. The molecule has 2 heterocycles. The molecule has 0 spiro atoms. The van der Waals surface area contributed by atoms with Gasteiger partial charge in [-0.25, -0.2) is 9.97 Å². The molecule has 19 heavy (non-hydrogen) atoms. The van der Waals surface area contributed by atoms with Crippen LogP contribution in [-0.4, -0.2) is 66.7 Å². The van der Waals surface area contributed by atoms with Gasteiger partial charge in [0.15, 0.2) is 0 Å². The molecule has 0 amide bonds. The van der Waals surface area contributed by atoms with E-state index in [1.54, 1.807) is 12.4 Å². The maximum absolute atomic E-state index is 5.68. The quantitative estimate of drug-likeness (QED) is 0.831. The molecule has 0 aliphatic carbocycles. The van der Waals surface area contributed by atoms with Gasteiger partial charge in [-0.05, 0) is 14.1 Å². The Morgan fingerprint density at radius 2 is 2.16 bits per heavy atom. The molecule has 1 atom stereocenters. The summed E-state index contributed by atoms with van der Waals surface area (Å²) in [5.74, 6) is 0.876. The van der Waals surface area contributed by atoms with Gasteiger partial charge in [-0.2, -0.15) is 0 Å². The number of ether oxygens (including phenoxy) is 1. The molecule has 1 aliphatic rings. The zero-order valence-corrected chi connectivity index (χ0v) is 11.7. The summed E-state index contributed by atoms with van der Waals surface area (Å²) in [5.41, 5.74) is 6.60. The first kappa shape index (κ1) is 14.2. The molecular formula is C13H23N5O. The normalized spacial score (nSPS) is 21.5. The lowest BCUT2D eigenvalue weighted by atomic mass is 10.1. The van der Waals surface area contributed by atoms with E-state index < -0.39 is 0 Å². The molecule has 1 fully saturated rings. The maximum Gasteiger partial charge on any atom is 0.219 e. The Morgan fingerprint density at radius 1 is 1.42 bits per heavy atom. The van der Waals surface area contributed by atoms with Crippen molar-refractivity contribution in [1.82, 2.24) is 19.8 Å². The standard InChI is InChI=1S/C13H23N5O/c1-17(2)7-12-9-18(3-4-19-10-12)8-11-5-15-13(14)16-6-11/h5-6,12H,3-4,7-10H2,1-2H3,(H2,14,15,16)/t12-/m1/s1. The van der Waals surface area contributed by atoms with Crippen LogP contribution in [-0.2, 0) is 11.3 Å². The Balaban J connectivity index is 1.92. The van der Waals surface area contributed by atoms with Crippen LogP contribution >= 0.6 is 0 Å². The fourth-order valence-corrected chi connectivity index (χ4v) is 2.43. The minimum absolute atomic E-state index is 0.327. The van der Waals surface area contributed by atoms with Gasteiger partial charge < -0.3 is 15.4 Å². The predicted octanol–water partition coefficient (Wildman–Crippen LogP) is 0.0688. The van der Waals surface area contributed by atoms with Gasteiger partial charge >= 0.3 is 0 Å². The smallest absolute Gasteiger partial charge is 0.219 e. The molecule has 106 valence electrons. The van der Waals surface area contributed by atoms with Crippen LogP contribution in [0.2, 0.25) is 0 Å². The molecular weight excluding hydrogens is 242 g/mol. The van der Waals surface area contributed by atoms with E-state index in [0.29, 0.717) is 11.9 Å². The van der Waals surface area contributed by atoms with Crippen LogP contribution in [0, 0.1) is 5.92 Å². The van der Waals surface area contributed by atoms with Crippen molar-refractivity contribution in [3.05, 3.63) is 18.0 Å². The van der Waals surface area contributed by atoms with Crippen LogP contribution in [0.15, 0.2) is 12.4 Å². The zero-order valence-electron chi connectivity index (χ0n) is 11.7. The minimum Gasteiger partial charge on any atom is -0.380 e. The van der Waals surface area contributed by atoms with E-state index in [4.69, 9.17) is 10.5 Å². The minimum atomic E-state index is 0.327. The first-order valence-corrected chi connectivity index (χ1v) is 6.64. The molecule has 6 nitrogen and oxygen atoms in total. The second kappa shape index (κ2) is 6.79. The summed E-state index contributed by atoms with van der Waals surface area (Å²) in [6, 6.07) is 0. The molecule has 2 rings (SSSR count). The van der Waals surface area contributed by atoms with E-state index in [2.05, 4.69) is 33.9 Å². The second-order valence-corrected chi connectivity index (χ2v) is 5.39. The topological polar surface area (TPSA) is 67.5 Å². The summed E-state index contributed by atoms with van der Waals surface area (Å²) in [6.07, 6.45) is 3.60. The summed E-state index contributed by atoms with van der Waals surface area (Å²) in [4.78, 5) is 12.7. The van der Waals surface area contributed by atoms with Crippen molar-refractivity contribution in [2.75, 3.05) is 52.7 Å². The molecule has 0 radical (unpaired) electrons. The van der Waals surface area contributed by atoms with E-state index in [0.717, 1.165) is 45.0 Å². The Kier molecular flexibility index (Phi) is 5.07. The first-order valence-electron chi connectivity index (χ1n) is 6.64. The van der Waals surface area contributed by atoms with Crippen molar-refractivity contribution in [2.24, 2.45) is 5.92 Å². The molecule has 0 saturated carbocycles. The van der Waals surface area contributed by atoms with Gasteiger partial charge in [0, 0.05) is 50.1 Å². The van der Waals surface area contributed by atoms with Crippen LogP contribution in [0.5, 0.6) is 0 Å². The summed E-state index contributed by atoms with van der Waals surface area (Å²) >= 11 is 0. The van der Waals surface area contributed by atoms with Gasteiger partial charge in [0.05, 0.1) is 13.2 Å². The molecule has 0 aromatic carbocycles. The lowest BCUT2D eigenvalue weighted by Gasteiger charge is -2.25. The number of anilines is 1. The van der Waals surface area contributed by atoms with Gasteiger partial charge in [0.1, 0.15) is 0 Å². The monoisotopic (exact) mass is 265 g/mol. The Labute approximate surface area is 114 Å². The lowest BCUT2D eigenvalue weighted by molar-refractivity contribution is 0.112. The third-order valence-electron chi connectivity index (χ3n) is 3.18. The third-order valence-corrected chi connectivity index (χ3v) is 3.18. The molecule has 6 heteroatoms. The highest BCUT2D eigenvalue weighted by Gasteiger charge is 2.19. The number of hydrogen-bond donors (Lipinski definition) is 1. The highest BCUT2D eigenvalue weighted by Crippen LogP contribution is 2.11. The van der Waals surface area contributed by atoms with Crippen molar-refractivity contribution < 1.29 is 4.74 Å². The molecule has 1 aromatic rings. The van der Waals surface area contributed by atoms with Gasteiger partial charge in [0.2, 0.25) is 5.95 Å². The van der Waals surface area contributed by atoms with Gasteiger partial charge in [-0.1, -0.05) is 0 Å². The van der Waals surface area contributed by atoms with Gasteiger partial charge in [-0.15, -0.1) is 0 Å². The maximum atomic E-state index is 5.68. The number of rotatable bonds is 4. The summed E-state index contributed by atoms with van der Waals surface area (Å²) < 4.78 is 5.68. The molecule has 2 N–H and O–H groups in total. The van der Waals surface area contributed by atoms with Crippen LogP contribution in [0.1, 0.15) is 5.56 Å². The van der Waals surface area contributed by atoms with Crippen LogP contribution in [0.3, 0.4) is 0 Å². The number of nitrogen functional groups attached to an aromatic ring is 1. The second-order valence-electron chi connectivity index (χ2n) is 5.39. The first-order chi connectivity index (χ1) is 9.13. The molecule has 0 bridgehead atoms. The largest absolute Gasteiger partial charge is 0.380 e. The molecule has 1 aromatic heterocycles. The highest BCUT2D eigenvalue weighted by atomic mass is 16.5. The van der Waals surface area contributed by atoms with E-state index in [9.17, 15) is 0 Å². The van der Waals surface area contributed by atoms with Crippen LogP contribution in [0.4, 0.5) is 5.95 Å². The van der Waals surface area contributed by atoms with Crippen molar-refractivity contribution in [2.45, 2.75) is 6.54 Å². The number of aromatic nitrogens is 2. The van der Waals surface area contributed by atoms with Gasteiger partial charge in [0.25, 0.3) is 0 Å².